The molecule has 0 aliphatic heterocycles. The second kappa shape index (κ2) is 6.34. The maximum atomic E-state index is 11.9. The second-order valence-corrected chi connectivity index (χ2v) is 5.82. The Hall–Kier alpha value is -3.10. The maximum absolute atomic E-state index is 11.9. The molecule has 0 bridgehead atoms. The number of hydrogen-bond donors (Lipinski definition) is 2. The number of benzene rings is 1. The van der Waals surface area contributed by atoms with Gasteiger partial charge < -0.3 is 0 Å². The Bertz CT molecular complexity index is 789. The first-order chi connectivity index (χ1) is 10.8. The fraction of sp³-hybridized carbons (Fsp3) is 0.286. The number of anilines is 1. The predicted octanol–water partition coefficient (Wildman–Crippen LogP) is 1.82. The number of hydrazone groups is 1. The van der Waals surface area contributed by atoms with Crippen molar-refractivity contribution in [3.8, 4) is 0 Å². The molecule has 0 aliphatic carbocycles. The SMILES string of the molecule is CC(C)(C)c1nnc(N/N=C\c2ccc([N+](=O)[O-])cc2)[nH]c1=O. The summed E-state index contributed by atoms with van der Waals surface area (Å²) in [5.74, 6) is 0.112. The molecule has 0 saturated carbocycles. The minimum atomic E-state index is -0.476. The Balaban J connectivity index is 2.07. The molecule has 9 heteroatoms. The molecule has 2 N–H and O–H groups in total. The Morgan fingerprint density at radius 2 is 1.91 bits per heavy atom. The van der Waals surface area contributed by atoms with Crippen LogP contribution < -0.4 is 11.0 Å². The van der Waals surface area contributed by atoms with E-state index in [9.17, 15) is 14.9 Å². The number of aromatic amines is 1. The van der Waals surface area contributed by atoms with Gasteiger partial charge in [0.15, 0.2) is 0 Å². The number of nitro benzene ring substituents is 1. The molecule has 0 fully saturated rings. The van der Waals surface area contributed by atoms with Gasteiger partial charge in [-0.1, -0.05) is 20.8 Å². The van der Waals surface area contributed by atoms with E-state index in [1.165, 1.54) is 18.3 Å². The van der Waals surface area contributed by atoms with Gasteiger partial charge in [-0.2, -0.15) is 5.10 Å². The van der Waals surface area contributed by atoms with Gasteiger partial charge >= 0.3 is 0 Å². The molecule has 1 aromatic heterocycles. The van der Waals surface area contributed by atoms with E-state index in [0.29, 0.717) is 11.3 Å². The number of rotatable bonds is 4. The van der Waals surface area contributed by atoms with Crippen molar-refractivity contribution in [1.29, 1.82) is 0 Å². The fourth-order valence-corrected chi connectivity index (χ4v) is 1.73. The van der Waals surface area contributed by atoms with E-state index >= 15 is 0 Å². The summed E-state index contributed by atoms with van der Waals surface area (Å²) in [6, 6.07) is 5.86. The standard InChI is InChI=1S/C14H16N6O3/c1-14(2,3)11-12(21)16-13(19-17-11)18-15-8-9-4-6-10(7-5-9)20(22)23/h4-8H,1-3H3,(H2,16,18,19,21)/b15-8-. The van der Waals surface area contributed by atoms with Gasteiger partial charge in [0, 0.05) is 17.5 Å². The van der Waals surface area contributed by atoms with Crippen LogP contribution in [0, 0.1) is 10.1 Å². The minimum absolute atomic E-state index is 0.00285. The predicted molar refractivity (Wildman–Crippen MR) is 85.7 cm³/mol. The van der Waals surface area contributed by atoms with Gasteiger partial charge in [-0.15, -0.1) is 10.2 Å². The summed E-state index contributed by atoms with van der Waals surface area (Å²) in [5.41, 5.74) is 2.82. The third-order valence-electron chi connectivity index (χ3n) is 2.90. The molecule has 0 saturated heterocycles. The van der Waals surface area contributed by atoms with E-state index in [4.69, 9.17) is 0 Å². The van der Waals surface area contributed by atoms with Gasteiger partial charge in [0.05, 0.1) is 11.1 Å². The highest BCUT2D eigenvalue weighted by Crippen LogP contribution is 2.15. The van der Waals surface area contributed by atoms with E-state index < -0.39 is 10.3 Å². The number of non-ortho nitro benzene ring substituents is 1. The zero-order valence-corrected chi connectivity index (χ0v) is 12.9. The lowest BCUT2D eigenvalue weighted by atomic mass is 9.93. The van der Waals surface area contributed by atoms with Crippen LogP contribution in [0.3, 0.4) is 0 Å². The normalized spacial score (nSPS) is 11.6. The van der Waals surface area contributed by atoms with Crippen LogP contribution in [-0.4, -0.2) is 26.3 Å². The van der Waals surface area contributed by atoms with E-state index in [0.717, 1.165) is 0 Å². The number of hydrogen-bond acceptors (Lipinski definition) is 7. The van der Waals surface area contributed by atoms with E-state index in [1.807, 2.05) is 20.8 Å². The van der Waals surface area contributed by atoms with E-state index in [2.05, 4.69) is 25.7 Å². The molecule has 1 aromatic carbocycles. The van der Waals surface area contributed by atoms with Crippen molar-refractivity contribution < 1.29 is 4.92 Å². The Morgan fingerprint density at radius 1 is 1.26 bits per heavy atom. The molecule has 0 spiro atoms. The van der Waals surface area contributed by atoms with Gasteiger partial charge in [-0.3, -0.25) is 19.9 Å². The molecule has 0 radical (unpaired) electrons. The van der Waals surface area contributed by atoms with Gasteiger partial charge in [-0.05, 0) is 17.7 Å². The summed E-state index contributed by atoms with van der Waals surface area (Å²) in [6.45, 7) is 5.60. The van der Waals surface area contributed by atoms with Crippen LogP contribution in [0.25, 0.3) is 0 Å². The molecule has 2 rings (SSSR count). The van der Waals surface area contributed by atoms with Crippen molar-refractivity contribution in [3.63, 3.8) is 0 Å². The molecule has 1 heterocycles. The topological polar surface area (TPSA) is 126 Å². The van der Waals surface area contributed by atoms with Gasteiger partial charge in [0.2, 0.25) is 5.95 Å². The first-order valence-corrected chi connectivity index (χ1v) is 6.78. The van der Waals surface area contributed by atoms with Crippen molar-refractivity contribution in [3.05, 3.63) is 56.0 Å². The van der Waals surface area contributed by atoms with Crippen LogP contribution in [-0.2, 0) is 5.41 Å². The Kier molecular flexibility index (Phi) is 4.49. The molecule has 0 amide bonds. The molecule has 23 heavy (non-hydrogen) atoms. The van der Waals surface area contributed by atoms with Gasteiger partial charge in [0.25, 0.3) is 11.2 Å². The van der Waals surface area contributed by atoms with Crippen LogP contribution in [0.5, 0.6) is 0 Å². The summed E-state index contributed by atoms with van der Waals surface area (Å²) < 4.78 is 0. The first kappa shape index (κ1) is 16.3. The summed E-state index contributed by atoms with van der Waals surface area (Å²) in [6.07, 6.45) is 1.45. The van der Waals surface area contributed by atoms with Crippen LogP contribution in [0.2, 0.25) is 0 Å². The van der Waals surface area contributed by atoms with Crippen molar-refractivity contribution in [2.45, 2.75) is 26.2 Å². The largest absolute Gasteiger partial charge is 0.288 e. The summed E-state index contributed by atoms with van der Waals surface area (Å²) >= 11 is 0. The van der Waals surface area contributed by atoms with Gasteiger partial charge in [-0.25, -0.2) is 5.43 Å². The molecule has 2 aromatic rings. The third kappa shape index (κ3) is 4.19. The number of aromatic nitrogens is 3. The molecular weight excluding hydrogens is 300 g/mol. The molecule has 0 aliphatic rings. The lowest BCUT2D eigenvalue weighted by Gasteiger charge is -2.15. The third-order valence-corrected chi connectivity index (χ3v) is 2.90. The zero-order chi connectivity index (χ0) is 17.0. The number of nitrogens with one attached hydrogen (secondary N) is 2. The maximum Gasteiger partial charge on any atom is 0.274 e. The number of nitrogens with zero attached hydrogens (tertiary/aromatic N) is 4. The molecular formula is C14H16N6O3. The van der Waals surface area contributed by atoms with Crippen LogP contribution >= 0.6 is 0 Å². The molecule has 0 unspecified atom stereocenters. The average molecular weight is 316 g/mol. The Morgan fingerprint density at radius 3 is 2.43 bits per heavy atom. The van der Waals surface area contributed by atoms with E-state index in [1.54, 1.807) is 12.1 Å². The zero-order valence-electron chi connectivity index (χ0n) is 12.9. The lowest BCUT2D eigenvalue weighted by Crippen LogP contribution is -2.28. The van der Waals surface area contributed by atoms with Crippen LogP contribution in [0.15, 0.2) is 34.2 Å². The van der Waals surface area contributed by atoms with E-state index in [-0.39, 0.29) is 17.2 Å². The first-order valence-electron chi connectivity index (χ1n) is 6.78. The second-order valence-electron chi connectivity index (χ2n) is 5.82. The lowest BCUT2D eigenvalue weighted by molar-refractivity contribution is -0.384. The smallest absolute Gasteiger partial charge is 0.274 e. The van der Waals surface area contributed by atoms with Crippen molar-refractivity contribution in [2.24, 2.45) is 5.10 Å². The molecule has 120 valence electrons. The fourth-order valence-electron chi connectivity index (χ4n) is 1.73. The quantitative estimate of drug-likeness (QED) is 0.503. The van der Waals surface area contributed by atoms with Crippen LogP contribution in [0.1, 0.15) is 32.0 Å². The molecule has 9 nitrogen and oxygen atoms in total. The number of nitro groups is 1. The summed E-state index contributed by atoms with van der Waals surface area (Å²) in [4.78, 5) is 24.5. The minimum Gasteiger partial charge on any atom is -0.288 e. The number of H-pyrrole nitrogens is 1. The van der Waals surface area contributed by atoms with Crippen molar-refractivity contribution >= 4 is 17.9 Å². The summed E-state index contributed by atoms with van der Waals surface area (Å²) in [5, 5.41) is 22.2. The highest BCUT2D eigenvalue weighted by molar-refractivity contribution is 5.80. The Labute approximate surface area is 131 Å². The highest BCUT2D eigenvalue weighted by Gasteiger charge is 2.20. The van der Waals surface area contributed by atoms with Gasteiger partial charge in [0.1, 0.15) is 5.69 Å². The van der Waals surface area contributed by atoms with Crippen molar-refractivity contribution in [1.82, 2.24) is 15.2 Å². The average Bonchev–Trinajstić information content (AvgIpc) is 2.46. The van der Waals surface area contributed by atoms with Crippen LogP contribution in [0.4, 0.5) is 11.6 Å². The van der Waals surface area contributed by atoms with Crippen molar-refractivity contribution in [2.75, 3.05) is 5.43 Å². The highest BCUT2D eigenvalue weighted by atomic mass is 16.6. The summed E-state index contributed by atoms with van der Waals surface area (Å²) in [7, 11) is 0. The molecule has 0 atom stereocenters. The monoisotopic (exact) mass is 316 g/mol.